The zero-order chi connectivity index (χ0) is 21.2. The molecule has 1 atom stereocenters. The molecule has 29 heavy (non-hydrogen) atoms. The highest BCUT2D eigenvalue weighted by atomic mass is 127. The van der Waals surface area contributed by atoms with Gasteiger partial charge in [-0.05, 0) is 66.5 Å². The minimum absolute atomic E-state index is 0.282. The first kappa shape index (κ1) is 23.3. The monoisotopic (exact) mass is 516 g/mol. The highest BCUT2D eigenvalue weighted by molar-refractivity contribution is 14.1. The second-order valence-corrected chi connectivity index (χ2v) is 8.24. The van der Waals surface area contributed by atoms with Crippen molar-refractivity contribution in [3.63, 3.8) is 0 Å². The molecule has 0 amide bonds. The lowest BCUT2D eigenvalue weighted by Crippen LogP contribution is -2.80. The molecule has 2 fully saturated rings. The van der Waals surface area contributed by atoms with Crippen LogP contribution < -0.4 is 10.4 Å². The molecule has 4 N–H and O–H groups in total. The number of quaternary nitrogens is 1. The summed E-state index contributed by atoms with van der Waals surface area (Å²) in [5, 5.41) is 33.5. The summed E-state index contributed by atoms with van der Waals surface area (Å²) in [4.78, 5) is 24.4. The largest absolute Gasteiger partial charge is 0.545 e. The maximum absolute atomic E-state index is 9.96. The van der Waals surface area contributed by atoms with Crippen LogP contribution in [0.4, 0.5) is 5.69 Å². The lowest BCUT2D eigenvalue weighted by molar-refractivity contribution is -0.580. The van der Waals surface area contributed by atoms with E-state index >= 15 is 0 Å². The Morgan fingerprint density at radius 3 is 2.24 bits per heavy atom. The predicted molar refractivity (Wildman–Crippen MR) is 112 cm³/mol. The van der Waals surface area contributed by atoms with E-state index in [0.29, 0.717) is 30.5 Å². The first-order chi connectivity index (χ1) is 13.8. The molecule has 8 nitrogen and oxygen atoms in total. The molecule has 0 bridgehead atoms. The fourth-order valence-electron chi connectivity index (χ4n) is 2.52. The molecule has 1 aromatic rings. The molecule has 2 aliphatic rings. The van der Waals surface area contributed by atoms with Crippen molar-refractivity contribution in [2.45, 2.75) is 31.8 Å². The Morgan fingerprint density at radius 2 is 1.79 bits per heavy atom. The summed E-state index contributed by atoms with van der Waals surface area (Å²) in [6.45, 7) is 0.877. The van der Waals surface area contributed by atoms with E-state index in [-0.39, 0.29) is 6.61 Å². The molecular formula is C20H25IN2O6. The summed E-state index contributed by atoms with van der Waals surface area (Å²) in [5.74, 6) is -1.46. The van der Waals surface area contributed by atoms with Gasteiger partial charge in [-0.15, -0.1) is 0 Å². The summed E-state index contributed by atoms with van der Waals surface area (Å²) < 4.78 is 1.22. The lowest BCUT2D eigenvalue weighted by Gasteiger charge is -2.09. The number of carbonyl (C=O) groups excluding carboxylic acids is 1. The van der Waals surface area contributed by atoms with E-state index in [4.69, 9.17) is 9.94 Å². The van der Waals surface area contributed by atoms with E-state index in [9.17, 15) is 19.8 Å². The summed E-state index contributed by atoms with van der Waals surface area (Å²) in [6, 6.07) is 8.26. The van der Waals surface area contributed by atoms with Crippen LogP contribution in [0.25, 0.3) is 0 Å². The average Bonchev–Trinajstić information content (AvgIpc) is 3.57. The fourth-order valence-corrected chi connectivity index (χ4v) is 2.88. The van der Waals surface area contributed by atoms with Crippen LogP contribution in [-0.4, -0.2) is 47.1 Å². The number of nitrogens with zero attached hydrogens (tertiary/aromatic N) is 1. The van der Waals surface area contributed by atoms with E-state index in [1.165, 1.54) is 35.0 Å². The topological polar surface area (TPSA) is 136 Å². The zero-order valence-electron chi connectivity index (χ0n) is 15.9. The molecule has 1 aromatic carbocycles. The van der Waals surface area contributed by atoms with Crippen LogP contribution in [0.2, 0.25) is 0 Å². The normalized spacial score (nSPS) is 16.5. The molecular weight excluding hydrogens is 491 g/mol. The Hall–Kier alpha value is -1.98. The molecule has 2 saturated carbocycles. The molecule has 158 valence electrons. The van der Waals surface area contributed by atoms with Crippen molar-refractivity contribution in [1.82, 2.24) is 0 Å². The fraction of sp³-hybridized carbons (Fsp3) is 0.450. The number of halogens is 1. The van der Waals surface area contributed by atoms with E-state index < -0.39 is 18.0 Å². The van der Waals surface area contributed by atoms with Crippen molar-refractivity contribution < 1.29 is 35.1 Å². The molecule has 0 heterocycles. The first-order valence-electron chi connectivity index (χ1n) is 9.43. The summed E-state index contributed by atoms with van der Waals surface area (Å²) >= 11 is 2.29. The molecule has 0 saturated heterocycles. The van der Waals surface area contributed by atoms with Gasteiger partial charge in [0, 0.05) is 33.6 Å². The minimum Gasteiger partial charge on any atom is -0.545 e. The van der Waals surface area contributed by atoms with Gasteiger partial charge in [0.15, 0.2) is 0 Å². The third kappa shape index (κ3) is 10.4. The number of aliphatic hydroxyl groups is 1. The van der Waals surface area contributed by atoms with Gasteiger partial charge in [0.2, 0.25) is 0 Å². The highest BCUT2D eigenvalue weighted by Gasteiger charge is 2.38. The maximum atomic E-state index is 9.96. The number of carboxylic acid groups (broad SMARTS) is 2. The molecule has 0 spiro atoms. The molecule has 0 aromatic heterocycles. The number of rotatable bonds is 10. The van der Waals surface area contributed by atoms with Crippen LogP contribution in [0.15, 0.2) is 41.6 Å². The number of aliphatic carboxylic acids is 2. The van der Waals surface area contributed by atoms with Crippen LogP contribution >= 0.6 is 22.6 Å². The van der Waals surface area contributed by atoms with Crippen molar-refractivity contribution in [3.05, 3.63) is 40.0 Å². The van der Waals surface area contributed by atoms with Gasteiger partial charge in [-0.3, -0.25) is 0 Å². The van der Waals surface area contributed by atoms with Crippen molar-refractivity contribution in [1.29, 1.82) is 0 Å². The maximum Gasteiger partial charge on any atom is 0.328 e. The van der Waals surface area contributed by atoms with Gasteiger partial charge in [-0.2, -0.15) is 0 Å². The van der Waals surface area contributed by atoms with E-state index in [1.807, 2.05) is 5.32 Å². The second-order valence-electron chi connectivity index (χ2n) is 7.00. The van der Waals surface area contributed by atoms with Gasteiger partial charge in [0.05, 0.1) is 11.7 Å². The number of carbonyl (C=O) groups is 2. The average molecular weight is 516 g/mol. The van der Waals surface area contributed by atoms with Gasteiger partial charge < -0.3 is 30.3 Å². The number of oxime groups is 1. The van der Waals surface area contributed by atoms with Crippen LogP contribution in [0, 0.1) is 15.4 Å². The molecule has 2 aliphatic carbocycles. The number of hydrogen-bond acceptors (Lipinski definition) is 6. The van der Waals surface area contributed by atoms with Crippen LogP contribution in [0.3, 0.4) is 0 Å². The number of benzene rings is 1. The highest BCUT2D eigenvalue weighted by Crippen LogP contribution is 2.42. The van der Waals surface area contributed by atoms with E-state index in [1.54, 1.807) is 0 Å². The standard InChI is InChI=1S/C16H21IN2O2.C4H4O4/c17-13-5-7-14(8-6-13)18-9-15(20)10-21-19-16(11-1-2-11)12-3-4-12;5-3(6)1-2-4(7)8/h5-8,11-12,15,18,20H,1-4,9-10H2;1-2H,(H,5,6)(H,7,8)/b;2-1-. The summed E-state index contributed by atoms with van der Waals surface area (Å²) in [6.07, 6.45) is 5.51. The smallest absolute Gasteiger partial charge is 0.328 e. The van der Waals surface area contributed by atoms with Gasteiger partial charge in [-0.25, -0.2) is 4.79 Å². The van der Waals surface area contributed by atoms with Gasteiger partial charge in [0.1, 0.15) is 24.9 Å². The zero-order valence-corrected chi connectivity index (χ0v) is 18.0. The number of aliphatic hydroxyl groups excluding tert-OH is 1. The quantitative estimate of drug-likeness (QED) is 0.136. The Kier molecular flexibility index (Phi) is 9.55. The van der Waals surface area contributed by atoms with Crippen LogP contribution in [-0.2, 0) is 14.4 Å². The Morgan fingerprint density at radius 1 is 1.21 bits per heavy atom. The SMILES string of the molecule is O=C([O-])/C=C\C(=O)O.OC(C[NH2+]c1ccc(I)cc1)CON=C(C1CC1)C1CC1. The van der Waals surface area contributed by atoms with E-state index in [0.717, 1.165) is 5.69 Å². The molecule has 9 heteroatoms. The Balaban J connectivity index is 0.000000321. The molecule has 0 radical (unpaired) electrons. The molecule has 0 aliphatic heterocycles. The lowest BCUT2D eigenvalue weighted by atomic mass is 10.2. The van der Waals surface area contributed by atoms with Crippen LogP contribution in [0.1, 0.15) is 25.7 Å². The molecule has 3 rings (SSSR count). The van der Waals surface area contributed by atoms with Crippen LogP contribution in [0.5, 0.6) is 0 Å². The van der Waals surface area contributed by atoms with Crippen molar-refractivity contribution in [3.8, 4) is 0 Å². The molecule has 1 unspecified atom stereocenters. The Bertz CT molecular complexity index is 712. The third-order valence-corrected chi connectivity index (χ3v) is 5.00. The van der Waals surface area contributed by atoms with Crippen molar-refractivity contribution in [2.75, 3.05) is 13.2 Å². The number of hydrogen-bond donors (Lipinski definition) is 3. The predicted octanol–water partition coefficient (Wildman–Crippen LogP) is 0.417. The van der Waals surface area contributed by atoms with Gasteiger partial charge in [-0.1, -0.05) is 5.16 Å². The second kappa shape index (κ2) is 11.9. The Labute approximate surface area is 182 Å². The third-order valence-electron chi connectivity index (χ3n) is 4.29. The number of nitrogens with two attached hydrogens (primary N) is 1. The van der Waals surface area contributed by atoms with Gasteiger partial charge in [0.25, 0.3) is 0 Å². The van der Waals surface area contributed by atoms with Crippen molar-refractivity contribution in [2.24, 2.45) is 17.0 Å². The van der Waals surface area contributed by atoms with E-state index in [2.05, 4.69) is 52.0 Å². The first-order valence-corrected chi connectivity index (χ1v) is 10.5. The van der Waals surface area contributed by atoms with Gasteiger partial charge >= 0.3 is 5.97 Å². The minimum atomic E-state index is -1.51. The number of carboxylic acids is 2. The van der Waals surface area contributed by atoms with Crippen molar-refractivity contribution >= 4 is 45.9 Å². The summed E-state index contributed by atoms with van der Waals surface area (Å²) in [5.41, 5.74) is 2.39. The summed E-state index contributed by atoms with van der Waals surface area (Å²) in [7, 11) is 0.